The molecule has 4 N–H and O–H groups in total. The van der Waals surface area contributed by atoms with Crippen LogP contribution in [0.3, 0.4) is 0 Å². The summed E-state index contributed by atoms with van der Waals surface area (Å²) < 4.78 is 0. The molecule has 0 aromatic carbocycles. The summed E-state index contributed by atoms with van der Waals surface area (Å²) in [6.45, 7) is 14.6. The topological polar surface area (TPSA) is 97.9 Å². The van der Waals surface area contributed by atoms with E-state index in [0.717, 1.165) is 51.4 Å². The second kappa shape index (κ2) is 14.8. The third-order valence-electron chi connectivity index (χ3n) is 4.80. The van der Waals surface area contributed by atoms with Crippen LogP contribution in [0, 0.1) is 5.41 Å². The van der Waals surface area contributed by atoms with Crippen molar-refractivity contribution < 1.29 is 9.59 Å². The van der Waals surface area contributed by atoms with Crippen LogP contribution in [-0.4, -0.2) is 74.5 Å². The van der Waals surface area contributed by atoms with Crippen LogP contribution >= 0.6 is 24.0 Å². The van der Waals surface area contributed by atoms with Gasteiger partial charge in [-0.15, -0.1) is 24.0 Å². The van der Waals surface area contributed by atoms with E-state index in [2.05, 4.69) is 38.1 Å². The molecule has 1 aliphatic heterocycles. The van der Waals surface area contributed by atoms with Gasteiger partial charge in [-0.05, 0) is 47.0 Å². The lowest BCUT2D eigenvalue weighted by molar-refractivity contribution is -0.128. The highest BCUT2D eigenvalue weighted by Gasteiger charge is 2.27. The molecule has 170 valence electrons. The molecule has 1 rings (SSSR count). The molecule has 8 nitrogen and oxygen atoms in total. The minimum atomic E-state index is -0.548. The van der Waals surface area contributed by atoms with Gasteiger partial charge in [-0.2, -0.15) is 0 Å². The van der Waals surface area contributed by atoms with Crippen molar-refractivity contribution in [2.45, 2.75) is 59.9 Å². The van der Waals surface area contributed by atoms with Gasteiger partial charge >= 0.3 is 0 Å². The summed E-state index contributed by atoms with van der Waals surface area (Å²) in [6, 6.07) is 0.320. The zero-order chi connectivity index (χ0) is 21.0. The van der Waals surface area contributed by atoms with Crippen LogP contribution in [0.5, 0.6) is 0 Å². The van der Waals surface area contributed by atoms with Crippen LogP contribution in [0.25, 0.3) is 0 Å². The molecule has 0 radical (unpaired) electrons. The lowest BCUT2D eigenvalue weighted by Gasteiger charge is -2.32. The van der Waals surface area contributed by atoms with Crippen molar-refractivity contribution in [3.63, 3.8) is 0 Å². The Morgan fingerprint density at radius 1 is 1.03 bits per heavy atom. The first-order valence-corrected chi connectivity index (χ1v) is 10.6. The van der Waals surface area contributed by atoms with Crippen LogP contribution in [0.4, 0.5) is 0 Å². The summed E-state index contributed by atoms with van der Waals surface area (Å²) in [7, 11) is 0. The molecule has 0 aromatic rings. The number of hydrogen-bond donors (Lipinski definition) is 4. The Morgan fingerprint density at radius 2 is 1.66 bits per heavy atom. The zero-order valence-electron chi connectivity index (χ0n) is 18.8. The van der Waals surface area contributed by atoms with Crippen molar-refractivity contribution in [2.24, 2.45) is 10.4 Å². The first-order chi connectivity index (χ1) is 13.3. The largest absolute Gasteiger partial charge is 0.357 e. The number of piperidine rings is 1. The van der Waals surface area contributed by atoms with Gasteiger partial charge in [-0.25, -0.2) is 0 Å². The zero-order valence-corrected chi connectivity index (χ0v) is 21.1. The fraction of sp³-hybridized carbons (Fsp3) is 0.850. The Labute approximate surface area is 193 Å². The quantitative estimate of drug-likeness (QED) is 0.196. The summed E-state index contributed by atoms with van der Waals surface area (Å²) in [4.78, 5) is 30.9. The van der Waals surface area contributed by atoms with Crippen LogP contribution in [-0.2, 0) is 9.59 Å². The molecule has 1 heterocycles. The summed E-state index contributed by atoms with van der Waals surface area (Å²) in [5.41, 5.74) is -0.548. The van der Waals surface area contributed by atoms with Gasteiger partial charge in [-0.1, -0.05) is 6.92 Å². The van der Waals surface area contributed by atoms with Gasteiger partial charge in [-0.3, -0.25) is 19.5 Å². The van der Waals surface area contributed by atoms with Gasteiger partial charge < -0.3 is 21.3 Å². The molecule has 0 spiro atoms. The van der Waals surface area contributed by atoms with Crippen LogP contribution in [0.1, 0.15) is 53.9 Å². The maximum Gasteiger partial charge on any atom is 0.234 e. The number of aliphatic imine (C=N–C) groups is 1. The summed E-state index contributed by atoms with van der Waals surface area (Å²) in [6.07, 6.45) is 2.89. The molecule has 0 aromatic heterocycles. The van der Waals surface area contributed by atoms with E-state index in [0.29, 0.717) is 25.7 Å². The van der Waals surface area contributed by atoms with E-state index < -0.39 is 5.41 Å². The number of rotatable bonds is 10. The van der Waals surface area contributed by atoms with E-state index in [1.165, 1.54) is 0 Å². The molecule has 0 atom stereocenters. The van der Waals surface area contributed by atoms with Gasteiger partial charge in [0.1, 0.15) is 0 Å². The predicted molar refractivity (Wildman–Crippen MR) is 130 cm³/mol. The van der Waals surface area contributed by atoms with Crippen molar-refractivity contribution in [3.05, 3.63) is 0 Å². The molecule has 1 saturated heterocycles. The number of hydrogen-bond acceptors (Lipinski definition) is 4. The van der Waals surface area contributed by atoms with Crippen molar-refractivity contribution in [1.29, 1.82) is 0 Å². The van der Waals surface area contributed by atoms with Gasteiger partial charge in [0.15, 0.2) is 5.96 Å². The molecule has 9 heteroatoms. The first kappa shape index (κ1) is 27.9. The molecule has 0 saturated carbocycles. The third kappa shape index (κ3) is 11.0. The third-order valence-corrected chi connectivity index (χ3v) is 4.80. The fourth-order valence-electron chi connectivity index (χ4n) is 3.02. The Balaban J connectivity index is 0.00000784. The van der Waals surface area contributed by atoms with Crippen molar-refractivity contribution in [2.75, 3.05) is 45.8 Å². The SMILES string of the molecule is CCCNC(=O)CN1CCC(NC(=NCC(C)(C)C(=O)NCC)NCC)CC1.I. The monoisotopic (exact) mass is 524 g/mol. The standard InChI is InChI=1S/C20H40N6O2.HI/c1-6-11-23-17(27)14-26-12-9-16(10-13-26)25-19(22-8-3)24-15-20(4,5)18(28)21-7-2;/h16H,6-15H2,1-5H3,(H,21,28)(H,23,27)(H2,22,24,25);1H. The van der Waals surface area contributed by atoms with E-state index >= 15 is 0 Å². The second-order valence-electron chi connectivity index (χ2n) is 7.98. The number of carbonyl (C=O) groups is 2. The van der Waals surface area contributed by atoms with Gasteiger partial charge in [0.05, 0.1) is 18.5 Å². The number of likely N-dealkylation sites (tertiary alicyclic amines) is 1. The molecule has 0 bridgehead atoms. The highest BCUT2D eigenvalue weighted by Crippen LogP contribution is 2.16. The van der Waals surface area contributed by atoms with Gasteiger partial charge in [0.2, 0.25) is 11.8 Å². The van der Waals surface area contributed by atoms with Gasteiger partial charge in [0.25, 0.3) is 0 Å². The number of carbonyl (C=O) groups excluding carboxylic acids is 2. The number of nitrogens with zero attached hydrogens (tertiary/aromatic N) is 2. The van der Waals surface area contributed by atoms with E-state index in [-0.39, 0.29) is 35.8 Å². The number of amides is 2. The average Bonchev–Trinajstić information content (AvgIpc) is 2.66. The molecule has 0 unspecified atom stereocenters. The maximum absolute atomic E-state index is 12.2. The molecule has 2 amide bonds. The predicted octanol–water partition coefficient (Wildman–Crippen LogP) is 1.31. The van der Waals surface area contributed by atoms with Crippen LogP contribution < -0.4 is 21.3 Å². The maximum atomic E-state index is 12.2. The molecular weight excluding hydrogens is 483 g/mol. The molecule has 0 aliphatic carbocycles. The summed E-state index contributed by atoms with van der Waals surface area (Å²) in [5, 5.41) is 12.6. The fourth-order valence-corrected chi connectivity index (χ4v) is 3.02. The smallest absolute Gasteiger partial charge is 0.234 e. The molecular formula is C20H41IN6O2. The minimum absolute atomic E-state index is 0. The average molecular weight is 524 g/mol. The lowest BCUT2D eigenvalue weighted by atomic mass is 9.92. The van der Waals surface area contributed by atoms with E-state index in [4.69, 9.17) is 0 Å². The molecule has 1 fully saturated rings. The normalized spacial score (nSPS) is 16.0. The van der Waals surface area contributed by atoms with Gasteiger partial charge in [0, 0.05) is 38.8 Å². The lowest BCUT2D eigenvalue weighted by Crippen LogP contribution is -2.50. The van der Waals surface area contributed by atoms with E-state index in [1.54, 1.807) is 0 Å². The number of guanidine groups is 1. The molecule has 1 aliphatic rings. The summed E-state index contributed by atoms with van der Waals surface area (Å²) in [5.74, 6) is 0.874. The Morgan fingerprint density at radius 3 is 2.21 bits per heavy atom. The first-order valence-electron chi connectivity index (χ1n) is 10.6. The highest BCUT2D eigenvalue weighted by atomic mass is 127. The van der Waals surface area contributed by atoms with E-state index in [1.807, 2.05) is 27.7 Å². The van der Waals surface area contributed by atoms with Crippen LogP contribution in [0.15, 0.2) is 4.99 Å². The number of halogens is 1. The van der Waals surface area contributed by atoms with Crippen LogP contribution in [0.2, 0.25) is 0 Å². The Bertz CT molecular complexity index is 519. The summed E-state index contributed by atoms with van der Waals surface area (Å²) >= 11 is 0. The van der Waals surface area contributed by atoms with Crippen molar-refractivity contribution >= 4 is 41.8 Å². The number of nitrogens with one attached hydrogen (secondary N) is 4. The molecule has 29 heavy (non-hydrogen) atoms. The highest BCUT2D eigenvalue weighted by molar-refractivity contribution is 14.0. The second-order valence-corrected chi connectivity index (χ2v) is 7.98. The minimum Gasteiger partial charge on any atom is -0.357 e. The van der Waals surface area contributed by atoms with Crippen molar-refractivity contribution in [3.8, 4) is 0 Å². The van der Waals surface area contributed by atoms with Crippen molar-refractivity contribution in [1.82, 2.24) is 26.2 Å². The van der Waals surface area contributed by atoms with E-state index in [9.17, 15) is 9.59 Å². The Hall–Kier alpha value is -1.10. The Kier molecular flexibility index (Phi) is 14.3.